The van der Waals surface area contributed by atoms with Gasteiger partial charge in [-0.15, -0.1) is 0 Å². The lowest BCUT2D eigenvalue weighted by molar-refractivity contribution is -0.130. The first-order valence-corrected chi connectivity index (χ1v) is 11.7. The number of aromatic nitrogens is 1. The van der Waals surface area contributed by atoms with Crippen molar-refractivity contribution in [2.45, 2.75) is 65.5 Å². The van der Waals surface area contributed by atoms with Crippen molar-refractivity contribution in [3.8, 4) is 0 Å². The number of nitrogens with zero attached hydrogens (tertiary/aromatic N) is 1. The van der Waals surface area contributed by atoms with Gasteiger partial charge in [0, 0.05) is 35.7 Å². The smallest absolute Gasteiger partial charge is 0.251 e. The lowest BCUT2D eigenvalue weighted by atomic mass is 9.85. The molecule has 1 aliphatic heterocycles. The van der Waals surface area contributed by atoms with Crippen molar-refractivity contribution in [3.05, 3.63) is 63.1 Å². The van der Waals surface area contributed by atoms with Gasteiger partial charge in [0.25, 0.3) is 5.56 Å². The summed E-state index contributed by atoms with van der Waals surface area (Å²) in [7, 11) is 1.67. The second-order valence-electron chi connectivity index (χ2n) is 10.9. The molecule has 0 saturated heterocycles. The number of H-pyrrole nitrogens is 1. The molecule has 2 heterocycles. The normalized spacial score (nSPS) is 16.5. The van der Waals surface area contributed by atoms with Crippen molar-refractivity contribution in [1.82, 2.24) is 15.6 Å². The number of anilines is 1. The Morgan fingerprint density at radius 2 is 1.83 bits per heavy atom. The number of carbonyl (C=O) groups excluding carboxylic acids is 2. The molecule has 0 fully saturated rings. The van der Waals surface area contributed by atoms with Crippen molar-refractivity contribution in [2.24, 2.45) is 5.41 Å². The molecule has 2 atom stereocenters. The van der Waals surface area contributed by atoms with Gasteiger partial charge in [-0.2, -0.15) is 0 Å². The standard InChI is InChI=1S/C26H34F2N4O3/c1-14(29-7)22(33)31-21(25(2,3)4)24(35)32-13-26(5,6)20-19(32)11-16(23(34)30-20)10-15-8-9-17(27)12-18(15)28/h8-9,11-12,14,21,29H,10,13H2,1-7H3,(H,30,34)(H,31,33)/t14-,21+/m0/s1. The number of rotatable bonds is 6. The zero-order valence-corrected chi connectivity index (χ0v) is 21.3. The van der Waals surface area contributed by atoms with Crippen LogP contribution in [0.3, 0.4) is 0 Å². The predicted molar refractivity (Wildman–Crippen MR) is 132 cm³/mol. The van der Waals surface area contributed by atoms with Crippen molar-refractivity contribution < 1.29 is 18.4 Å². The molecular formula is C26H34F2N4O3. The van der Waals surface area contributed by atoms with Gasteiger partial charge >= 0.3 is 0 Å². The first-order chi connectivity index (χ1) is 16.2. The van der Waals surface area contributed by atoms with Gasteiger partial charge in [-0.25, -0.2) is 8.78 Å². The van der Waals surface area contributed by atoms with Crippen LogP contribution in [0, 0.1) is 17.0 Å². The Kier molecular flexibility index (Phi) is 7.22. The molecule has 3 N–H and O–H groups in total. The van der Waals surface area contributed by atoms with E-state index in [-0.39, 0.29) is 29.4 Å². The number of hydrogen-bond acceptors (Lipinski definition) is 4. The van der Waals surface area contributed by atoms with Crippen LogP contribution in [0.25, 0.3) is 0 Å². The topological polar surface area (TPSA) is 94.3 Å². The van der Waals surface area contributed by atoms with Gasteiger partial charge in [0.15, 0.2) is 0 Å². The van der Waals surface area contributed by atoms with Crippen molar-refractivity contribution >= 4 is 17.5 Å². The van der Waals surface area contributed by atoms with E-state index >= 15 is 0 Å². The third-order valence-corrected chi connectivity index (χ3v) is 6.51. The van der Waals surface area contributed by atoms with Crippen LogP contribution >= 0.6 is 0 Å². The number of carbonyl (C=O) groups is 2. The summed E-state index contributed by atoms with van der Waals surface area (Å²) in [6, 6.07) is 3.51. The quantitative estimate of drug-likeness (QED) is 0.583. The van der Waals surface area contributed by atoms with Gasteiger partial charge < -0.3 is 20.5 Å². The number of aromatic amines is 1. The minimum Gasteiger partial charge on any atom is -0.342 e. The van der Waals surface area contributed by atoms with Crippen LogP contribution in [0.4, 0.5) is 14.5 Å². The first kappa shape index (κ1) is 26.5. The predicted octanol–water partition coefficient (Wildman–Crippen LogP) is 3.01. The van der Waals surface area contributed by atoms with Crippen LogP contribution < -0.4 is 21.1 Å². The van der Waals surface area contributed by atoms with Gasteiger partial charge in [0.05, 0.1) is 11.7 Å². The molecule has 35 heavy (non-hydrogen) atoms. The van der Waals surface area contributed by atoms with E-state index in [4.69, 9.17) is 0 Å². The Morgan fingerprint density at radius 1 is 1.17 bits per heavy atom. The van der Waals surface area contributed by atoms with E-state index in [1.165, 1.54) is 6.07 Å². The molecule has 0 unspecified atom stereocenters. The SMILES string of the molecule is CN[C@@H](C)C(=O)N[C@H](C(=O)N1CC(C)(C)c2[nH]c(=O)c(Cc3ccc(F)cc3F)cc21)C(C)(C)C. The van der Waals surface area contributed by atoms with E-state index in [9.17, 15) is 23.2 Å². The summed E-state index contributed by atoms with van der Waals surface area (Å²) < 4.78 is 27.6. The van der Waals surface area contributed by atoms with Gasteiger partial charge in [0.2, 0.25) is 11.8 Å². The maximum Gasteiger partial charge on any atom is 0.251 e. The highest BCUT2D eigenvalue weighted by atomic mass is 19.1. The van der Waals surface area contributed by atoms with Gasteiger partial charge in [0.1, 0.15) is 17.7 Å². The Labute approximate surface area is 204 Å². The lowest BCUT2D eigenvalue weighted by Gasteiger charge is -2.34. The molecule has 0 bridgehead atoms. The third-order valence-electron chi connectivity index (χ3n) is 6.51. The van der Waals surface area contributed by atoms with Crippen molar-refractivity contribution in [2.75, 3.05) is 18.5 Å². The monoisotopic (exact) mass is 488 g/mol. The Balaban J connectivity index is 2.02. The zero-order chi connectivity index (χ0) is 26.3. The molecule has 3 rings (SSSR count). The zero-order valence-electron chi connectivity index (χ0n) is 21.3. The molecule has 2 aromatic rings. The van der Waals surface area contributed by atoms with Gasteiger partial charge in [-0.05, 0) is 37.1 Å². The van der Waals surface area contributed by atoms with E-state index in [0.717, 1.165) is 12.1 Å². The van der Waals surface area contributed by atoms with E-state index in [0.29, 0.717) is 17.9 Å². The fourth-order valence-corrected chi connectivity index (χ4v) is 4.25. The van der Waals surface area contributed by atoms with Crippen LogP contribution in [-0.2, 0) is 21.4 Å². The fourth-order valence-electron chi connectivity index (χ4n) is 4.25. The maximum absolute atomic E-state index is 14.3. The number of halogens is 2. The number of nitrogens with one attached hydrogen (secondary N) is 3. The van der Waals surface area contributed by atoms with Gasteiger partial charge in [-0.3, -0.25) is 14.4 Å². The molecule has 7 nitrogen and oxygen atoms in total. The second-order valence-corrected chi connectivity index (χ2v) is 10.9. The van der Waals surface area contributed by atoms with Crippen LogP contribution in [-0.4, -0.2) is 42.5 Å². The van der Waals surface area contributed by atoms with Crippen LogP contribution in [0.15, 0.2) is 29.1 Å². The second kappa shape index (κ2) is 9.53. The minimum absolute atomic E-state index is 0.0592. The van der Waals surface area contributed by atoms with E-state index < -0.39 is 40.1 Å². The van der Waals surface area contributed by atoms with Crippen LogP contribution in [0.5, 0.6) is 0 Å². The summed E-state index contributed by atoms with van der Waals surface area (Å²) in [4.78, 5) is 43.8. The molecule has 0 saturated carbocycles. The van der Waals surface area contributed by atoms with Crippen LogP contribution in [0.2, 0.25) is 0 Å². The van der Waals surface area contributed by atoms with Crippen molar-refractivity contribution in [1.29, 1.82) is 0 Å². The lowest BCUT2D eigenvalue weighted by Crippen LogP contribution is -2.57. The molecule has 1 aromatic carbocycles. The Morgan fingerprint density at radius 3 is 2.40 bits per heavy atom. The Hall–Kier alpha value is -3.07. The average Bonchev–Trinajstić information content (AvgIpc) is 3.02. The number of hydrogen-bond donors (Lipinski definition) is 3. The van der Waals surface area contributed by atoms with E-state index in [1.807, 2.05) is 34.6 Å². The van der Waals surface area contributed by atoms with Crippen LogP contribution in [0.1, 0.15) is 58.4 Å². The van der Waals surface area contributed by atoms with E-state index in [2.05, 4.69) is 15.6 Å². The molecule has 0 radical (unpaired) electrons. The highest BCUT2D eigenvalue weighted by molar-refractivity contribution is 6.02. The molecule has 190 valence electrons. The number of likely N-dealkylation sites (N-methyl/N-ethyl adjacent to an activating group) is 1. The molecule has 9 heteroatoms. The molecule has 0 aliphatic carbocycles. The molecule has 2 amide bonds. The Bertz CT molecular complexity index is 1200. The molecule has 1 aliphatic rings. The summed E-state index contributed by atoms with van der Waals surface area (Å²) >= 11 is 0. The number of fused-ring (bicyclic) bond motifs is 1. The average molecular weight is 489 g/mol. The molecule has 1 aromatic heterocycles. The number of amides is 2. The summed E-state index contributed by atoms with van der Waals surface area (Å²) in [5.41, 5.74) is 0.0179. The summed E-state index contributed by atoms with van der Waals surface area (Å²) in [5.74, 6) is -2.04. The summed E-state index contributed by atoms with van der Waals surface area (Å²) in [6.45, 7) is 11.5. The maximum atomic E-state index is 14.3. The molecule has 0 spiro atoms. The molecular weight excluding hydrogens is 454 g/mol. The first-order valence-electron chi connectivity index (χ1n) is 11.7. The highest BCUT2D eigenvalue weighted by Gasteiger charge is 2.44. The minimum atomic E-state index is -0.822. The largest absolute Gasteiger partial charge is 0.342 e. The van der Waals surface area contributed by atoms with Gasteiger partial charge in [-0.1, -0.05) is 40.7 Å². The van der Waals surface area contributed by atoms with E-state index in [1.54, 1.807) is 24.9 Å². The summed E-state index contributed by atoms with van der Waals surface area (Å²) in [6.07, 6.45) is -0.0592. The third kappa shape index (κ3) is 5.45. The number of pyridine rings is 1. The summed E-state index contributed by atoms with van der Waals surface area (Å²) in [5, 5.41) is 5.74. The number of benzene rings is 1. The fraction of sp³-hybridized carbons (Fsp3) is 0.500. The van der Waals surface area contributed by atoms with Crippen molar-refractivity contribution in [3.63, 3.8) is 0 Å². The highest BCUT2D eigenvalue weighted by Crippen LogP contribution is 2.40.